The maximum absolute atomic E-state index is 12.3. The number of rotatable bonds is 6. The summed E-state index contributed by atoms with van der Waals surface area (Å²) in [6.45, 7) is 1.87. The van der Waals surface area contributed by atoms with Gasteiger partial charge in [0.2, 0.25) is 5.75 Å². The number of nitrogens with one attached hydrogen (secondary N) is 2. The van der Waals surface area contributed by atoms with Crippen LogP contribution in [0, 0.1) is 6.92 Å². The molecule has 0 aliphatic carbocycles. The minimum atomic E-state index is -0.314. The number of hydrogen-bond donors (Lipinski definition) is 2. The van der Waals surface area contributed by atoms with Gasteiger partial charge in [0.05, 0.1) is 32.7 Å². The molecule has 1 aromatic carbocycles. The van der Waals surface area contributed by atoms with Crippen LogP contribution in [-0.2, 0) is 0 Å². The summed E-state index contributed by atoms with van der Waals surface area (Å²) in [5, 5.41) is 12.1. The summed E-state index contributed by atoms with van der Waals surface area (Å²) in [6.07, 6.45) is 0. The van der Waals surface area contributed by atoms with Gasteiger partial charge in [-0.15, -0.1) is 11.3 Å². The number of methoxy groups -OCH3 is 3. The van der Waals surface area contributed by atoms with Crippen molar-refractivity contribution >= 4 is 22.4 Å². The van der Waals surface area contributed by atoms with Crippen molar-refractivity contribution in [1.82, 2.24) is 15.2 Å². The lowest BCUT2D eigenvalue weighted by Gasteiger charge is -2.13. The van der Waals surface area contributed by atoms with Crippen LogP contribution in [0.15, 0.2) is 23.6 Å². The number of benzene rings is 1. The van der Waals surface area contributed by atoms with E-state index < -0.39 is 0 Å². The molecule has 0 radical (unpaired) electrons. The van der Waals surface area contributed by atoms with Crippen LogP contribution in [0.4, 0.5) is 5.13 Å². The molecule has 9 heteroatoms. The van der Waals surface area contributed by atoms with Gasteiger partial charge in [-0.2, -0.15) is 5.10 Å². The number of aromatic amines is 1. The van der Waals surface area contributed by atoms with Crippen LogP contribution in [0.2, 0.25) is 0 Å². The fraction of sp³-hybridized carbons (Fsp3) is 0.235. The van der Waals surface area contributed by atoms with Crippen molar-refractivity contribution in [3.8, 4) is 28.5 Å². The Bertz CT molecular complexity index is 909. The second-order valence-corrected chi connectivity index (χ2v) is 6.19. The topological polar surface area (TPSA) is 98.4 Å². The lowest BCUT2D eigenvalue weighted by Crippen LogP contribution is -2.12. The highest BCUT2D eigenvalue weighted by Gasteiger charge is 2.17. The molecule has 0 aliphatic heterocycles. The van der Waals surface area contributed by atoms with Crippen LogP contribution in [0.3, 0.4) is 0 Å². The number of nitrogens with zero attached hydrogens (tertiary/aromatic N) is 2. The molecule has 0 atom stereocenters. The Hall–Kier alpha value is -3.07. The fourth-order valence-corrected chi connectivity index (χ4v) is 3.07. The molecule has 0 saturated carbocycles. The molecule has 3 rings (SSSR count). The number of carbonyl (C=O) groups is 1. The van der Waals surface area contributed by atoms with E-state index in [-0.39, 0.29) is 5.91 Å². The normalized spacial score (nSPS) is 10.5. The van der Waals surface area contributed by atoms with Gasteiger partial charge in [0.15, 0.2) is 16.6 Å². The Labute approximate surface area is 154 Å². The summed E-state index contributed by atoms with van der Waals surface area (Å²) in [7, 11) is 4.62. The summed E-state index contributed by atoms with van der Waals surface area (Å²) in [6, 6.07) is 5.18. The molecule has 3 aromatic rings. The van der Waals surface area contributed by atoms with Crippen molar-refractivity contribution < 1.29 is 19.0 Å². The zero-order valence-electron chi connectivity index (χ0n) is 14.7. The SMILES string of the molecule is COc1cc(-c2cc(C(=O)Nc3nc(C)cs3)[nH]n2)cc(OC)c1OC. The molecule has 0 bridgehead atoms. The first kappa shape index (κ1) is 17.7. The molecule has 0 fully saturated rings. The number of anilines is 1. The smallest absolute Gasteiger partial charge is 0.275 e. The minimum absolute atomic E-state index is 0.314. The standard InChI is InChI=1S/C17H18N4O4S/c1-9-8-26-17(18-9)19-16(22)12-7-11(20-21-12)10-5-13(23-2)15(25-4)14(6-10)24-3/h5-8H,1-4H3,(H,20,21)(H,18,19,22). The van der Waals surface area contributed by atoms with E-state index in [9.17, 15) is 4.79 Å². The van der Waals surface area contributed by atoms with Gasteiger partial charge in [0.25, 0.3) is 5.91 Å². The third-order valence-electron chi connectivity index (χ3n) is 3.62. The van der Waals surface area contributed by atoms with Gasteiger partial charge in [0, 0.05) is 10.9 Å². The molecule has 26 heavy (non-hydrogen) atoms. The minimum Gasteiger partial charge on any atom is -0.493 e. The average molecular weight is 374 g/mol. The third kappa shape index (κ3) is 3.47. The van der Waals surface area contributed by atoms with E-state index in [0.29, 0.717) is 33.8 Å². The van der Waals surface area contributed by atoms with E-state index in [4.69, 9.17) is 14.2 Å². The molecule has 0 spiro atoms. The molecule has 0 aliphatic rings. The van der Waals surface area contributed by atoms with E-state index in [2.05, 4.69) is 20.5 Å². The molecule has 2 heterocycles. The van der Waals surface area contributed by atoms with Crippen LogP contribution >= 0.6 is 11.3 Å². The van der Waals surface area contributed by atoms with Crippen LogP contribution in [-0.4, -0.2) is 42.4 Å². The number of hydrogen-bond acceptors (Lipinski definition) is 7. The van der Waals surface area contributed by atoms with Crippen molar-refractivity contribution in [3.63, 3.8) is 0 Å². The van der Waals surface area contributed by atoms with Gasteiger partial charge >= 0.3 is 0 Å². The summed E-state index contributed by atoms with van der Waals surface area (Å²) in [5.41, 5.74) is 2.47. The zero-order chi connectivity index (χ0) is 18.7. The monoisotopic (exact) mass is 374 g/mol. The van der Waals surface area contributed by atoms with Crippen LogP contribution in [0.1, 0.15) is 16.2 Å². The van der Waals surface area contributed by atoms with Crippen LogP contribution in [0.25, 0.3) is 11.3 Å². The van der Waals surface area contributed by atoms with Crippen LogP contribution < -0.4 is 19.5 Å². The Morgan fingerprint density at radius 1 is 1.12 bits per heavy atom. The molecule has 1 amide bonds. The van der Waals surface area contributed by atoms with Crippen molar-refractivity contribution in [2.24, 2.45) is 0 Å². The summed E-state index contributed by atoms with van der Waals surface area (Å²) in [4.78, 5) is 16.5. The molecular formula is C17H18N4O4S. The van der Waals surface area contributed by atoms with Crippen molar-refractivity contribution in [2.75, 3.05) is 26.6 Å². The van der Waals surface area contributed by atoms with Gasteiger partial charge in [-0.3, -0.25) is 15.2 Å². The highest BCUT2D eigenvalue weighted by molar-refractivity contribution is 7.13. The van der Waals surface area contributed by atoms with E-state index in [1.54, 1.807) is 32.4 Å². The van der Waals surface area contributed by atoms with Crippen LogP contribution in [0.5, 0.6) is 17.2 Å². The highest BCUT2D eigenvalue weighted by Crippen LogP contribution is 2.40. The Morgan fingerprint density at radius 3 is 2.35 bits per heavy atom. The lowest BCUT2D eigenvalue weighted by molar-refractivity contribution is 0.102. The summed E-state index contributed by atoms with van der Waals surface area (Å²) >= 11 is 1.37. The quantitative estimate of drug-likeness (QED) is 0.688. The molecule has 2 aromatic heterocycles. The number of ether oxygens (including phenoxy) is 3. The Morgan fingerprint density at radius 2 is 1.81 bits per heavy atom. The number of H-pyrrole nitrogens is 1. The molecule has 136 valence electrons. The van der Waals surface area contributed by atoms with Gasteiger partial charge in [-0.05, 0) is 25.1 Å². The van der Waals surface area contributed by atoms with E-state index >= 15 is 0 Å². The van der Waals surface area contributed by atoms with Gasteiger partial charge in [0.1, 0.15) is 5.69 Å². The Kier molecular flexibility index (Phi) is 5.08. The number of aromatic nitrogens is 3. The van der Waals surface area contributed by atoms with E-state index in [1.807, 2.05) is 12.3 Å². The second kappa shape index (κ2) is 7.44. The van der Waals surface area contributed by atoms with Gasteiger partial charge in [-0.1, -0.05) is 0 Å². The average Bonchev–Trinajstić information content (AvgIpc) is 3.29. The first-order chi connectivity index (χ1) is 12.5. The molecule has 0 unspecified atom stereocenters. The number of thiazole rings is 1. The largest absolute Gasteiger partial charge is 0.493 e. The number of carbonyl (C=O) groups excluding carboxylic acids is 1. The van der Waals surface area contributed by atoms with E-state index in [1.165, 1.54) is 18.4 Å². The molecule has 0 saturated heterocycles. The van der Waals surface area contributed by atoms with Crippen molar-refractivity contribution in [1.29, 1.82) is 0 Å². The van der Waals surface area contributed by atoms with Crippen molar-refractivity contribution in [3.05, 3.63) is 35.0 Å². The predicted octanol–water partition coefficient (Wildman–Crippen LogP) is 3.12. The van der Waals surface area contributed by atoms with Gasteiger partial charge < -0.3 is 14.2 Å². The lowest BCUT2D eigenvalue weighted by atomic mass is 10.1. The zero-order valence-corrected chi connectivity index (χ0v) is 15.6. The third-order valence-corrected chi connectivity index (χ3v) is 4.50. The van der Waals surface area contributed by atoms with Gasteiger partial charge in [-0.25, -0.2) is 4.98 Å². The first-order valence-corrected chi connectivity index (χ1v) is 8.53. The second-order valence-electron chi connectivity index (χ2n) is 5.33. The maximum Gasteiger partial charge on any atom is 0.275 e. The first-order valence-electron chi connectivity index (χ1n) is 7.65. The highest BCUT2D eigenvalue weighted by atomic mass is 32.1. The van der Waals surface area contributed by atoms with Crippen molar-refractivity contribution in [2.45, 2.75) is 6.92 Å². The maximum atomic E-state index is 12.3. The summed E-state index contributed by atoms with van der Waals surface area (Å²) in [5.74, 6) is 1.19. The predicted molar refractivity (Wildman–Crippen MR) is 98.5 cm³/mol. The molecule has 2 N–H and O–H groups in total. The summed E-state index contributed by atoms with van der Waals surface area (Å²) < 4.78 is 16.0. The number of amides is 1. The molecule has 8 nitrogen and oxygen atoms in total. The molecular weight excluding hydrogens is 356 g/mol. The fourth-order valence-electron chi connectivity index (χ4n) is 2.39. The Balaban J connectivity index is 1.88. The van der Waals surface area contributed by atoms with E-state index in [0.717, 1.165) is 11.3 Å². The number of aryl methyl sites for hydroxylation is 1.